The Morgan fingerprint density at radius 2 is 1.78 bits per heavy atom. The Morgan fingerprint density at radius 3 is 2.41 bits per heavy atom. The molecule has 0 unspecified atom stereocenters. The number of carboxylic acids is 1. The highest BCUT2D eigenvalue weighted by atomic mass is 16.4. The van der Waals surface area contributed by atoms with Crippen molar-refractivity contribution in [1.29, 1.82) is 0 Å². The summed E-state index contributed by atoms with van der Waals surface area (Å²) in [6.07, 6.45) is 6.91. The molecule has 2 amide bonds. The molecule has 1 saturated carbocycles. The maximum Gasteiger partial charge on any atom is 0.330 e. The molecular formula is C21H25N3O3. The summed E-state index contributed by atoms with van der Waals surface area (Å²) in [5, 5.41) is 12.3. The number of carbonyl (C=O) groups excluding carboxylic acids is 1. The van der Waals surface area contributed by atoms with Crippen LogP contribution in [0.2, 0.25) is 0 Å². The van der Waals surface area contributed by atoms with Gasteiger partial charge in [0.15, 0.2) is 6.04 Å². The van der Waals surface area contributed by atoms with Crippen LogP contribution in [0.25, 0.3) is 0 Å². The third kappa shape index (κ3) is 5.06. The zero-order valence-electron chi connectivity index (χ0n) is 15.3. The van der Waals surface area contributed by atoms with E-state index in [2.05, 4.69) is 10.3 Å². The number of aliphatic carboxylic acids is 1. The smallest absolute Gasteiger partial charge is 0.330 e. The average Bonchev–Trinajstić information content (AvgIpc) is 2.72. The van der Waals surface area contributed by atoms with Gasteiger partial charge in [0.1, 0.15) is 0 Å². The van der Waals surface area contributed by atoms with Gasteiger partial charge in [-0.2, -0.15) is 0 Å². The van der Waals surface area contributed by atoms with Gasteiger partial charge in [0.2, 0.25) is 0 Å². The number of rotatable bonds is 6. The van der Waals surface area contributed by atoms with Crippen LogP contribution in [-0.2, 0) is 11.3 Å². The number of nitrogens with one attached hydrogen (secondary N) is 1. The van der Waals surface area contributed by atoms with Crippen LogP contribution in [0.15, 0.2) is 54.7 Å². The maximum absolute atomic E-state index is 13.1. The molecule has 1 aliphatic rings. The highest BCUT2D eigenvalue weighted by Crippen LogP contribution is 2.25. The van der Waals surface area contributed by atoms with Gasteiger partial charge >= 0.3 is 12.0 Å². The summed E-state index contributed by atoms with van der Waals surface area (Å²) in [5.41, 5.74) is 1.35. The predicted octanol–water partition coefficient (Wildman–Crippen LogP) is 3.75. The summed E-state index contributed by atoms with van der Waals surface area (Å²) < 4.78 is 0. The number of carboxylic acid groups (broad SMARTS) is 1. The second kappa shape index (κ2) is 9.16. The van der Waals surface area contributed by atoms with E-state index in [0.29, 0.717) is 12.1 Å². The van der Waals surface area contributed by atoms with Crippen LogP contribution in [0, 0.1) is 0 Å². The molecule has 3 rings (SSSR count). The van der Waals surface area contributed by atoms with E-state index in [4.69, 9.17) is 0 Å². The average molecular weight is 367 g/mol. The van der Waals surface area contributed by atoms with Crippen molar-refractivity contribution in [2.75, 3.05) is 0 Å². The van der Waals surface area contributed by atoms with Crippen molar-refractivity contribution in [3.8, 4) is 0 Å². The van der Waals surface area contributed by atoms with Crippen LogP contribution in [0.5, 0.6) is 0 Å². The molecule has 142 valence electrons. The lowest BCUT2D eigenvalue weighted by molar-refractivity contribution is -0.139. The monoisotopic (exact) mass is 367 g/mol. The Balaban J connectivity index is 1.79. The first-order chi connectivity index (χ1) is 13.1. The largest absolute Gasteiger partial charge is 0.479 e. The third-order valence-electron chi connectivity index (χ3n) is 4.98. The third-order valence-corrected chi connectivity index (χ3v) is 4.98. The molecule has 6 heteroatoms. The van der Waals surface area contributed by atoms with Crippen molar-refractivity contribution in [1.82, 2.24) is 15.2 Å². The van der Waals surface area contributed by atoms with E-state index in [1.807, 2.05) is 24.3 Å². The quantitative estimate of drug-likeness (QED) is 0.814. The molecule has 1 atom stereocenters. The lowest BCUT2D eigenvalue weighted by atomic mass is 9.94. The van der Waals surface area contributed by atoms with Gasteiger partial charge in [0.05, 0.1) is 12.2 Å². The second-order valence-electron chi connectivity index (χ2n) is 6.87. The van der Waals surface area contributed by atoms with Gasteiger partial charge in [-0.25, -0.2) is 9.59 Å². The molecule has 1 fully saturated rings. The number of nitrogens with zero attached hydrogens (tertiary/aromatic N) is 2. The van der Waals surface area contributed by atoms with Crippen molar-refractivity contribution in [3.05, 3.63) is 66.0 Å². The van der Waals surface area contributed by atoms with Gasteiger partial charge in [0, 0.05) is 12.2 Å². The van der Waals surface area contributed by atoms with E-state index in [0.717, 1.165) is 31.4 Å². The zero-order chi connectivity index (χ0) is 19.1. The number of carbonyl (C=O) groups is 2. The van der Waals surface area contributed by atoms with Crippen molar-refractivity contribution >= 4 is 12.0 Å². The molecule has 0 spiro atoms. The minimum absolute atomic E-state index is 0.103. The Labute approximate surface area is 159 Å². The van der Waals surface area contributed by atoms with Gasteiger partial charge in [-0.05, 0) is 30.5 Å². The van der Waals surface area contributed by atoms with Gasteiger partial charge in [-0.3, -0.25) is 4.98 Å². The van der Waals surface area contributed by atoms with E-state index in [1.165, 1.54) is 6.42 Å². The number of aromatic nitrogens is 1. The Bertz CT molecular complexity index is 746. The van der Waals surface area contributed by atoms with Gasteiger partial charge in [0.25, 0.3) is 0 Å². The number of amides is 2. The van der Waals surface area contributed by atoms with Crippen molar-refractivity contribution in [2.45, 2.75) is 50.7 Å². The van der Waals surface area contributed by atoms with Gasteiger partial charge < -0.3 is 15.3 Å². The lowest BCUT2D eigenvalue weighted by Gasteiger charge is -2.35. The summed E-state index contributed by atoms with van der Waals surface area (Å²) in [6, 6.07) is 13.1. The van der Waals surface area contributed by atoms with Crippen LogP contribution in [-0.4, -0.2) is 33.0 Å². The predicted molar refractivity (Wildman–Crippen MR) is 102 cm³/mol. The first-order valence-corrected chi connectivity index (χ1v) is 9.40. The van der Waals surface area contributed by atoms with Crippen LogP contribution < -0.4 is 5.32 Å². The van der Waals surface area contributed by atoms with Crippen LogP contribution in [0.1, 0.15) is 49.4 Å². The Morgan fingerprint density at radius 1 is 1.07 bits per heavy atom. The summed E-state index contributed by atoms with van der Waals surface area (Å²) in [5.74, 6) is -1.07. The highest BCUT2D eigenvalue weighted by molar-refractivity contribution is 5.83. The molecule has 1 aliphatic carbocycles. The van der Waals surface area contributed by atoms with E-state index in [-0.39, 0.29) is 12.1 Å². The van der Waals surface area contributed by atoms with Gasteiger partial charge in [-0.1, -0.05) is 55.7 Å². The molecule has 0 radical (unpaired) electrons. The molecule has 1 aromatic heterocycles. The molecule has 2 aromatic rings. The van der Waals surface area contributed by atoms with E-state index in [9.17, 15) is 14.7 Å². The summed E-state index contributed by atoms with van der Waals surface area (Å²) in [7, 11) is 0. The second-order valence-corrected chi connectivity index (χ2v) is 6.87. The number of benzene rings is 1. The molecule has 6 nitrogen and oxygen atoms in total. The number of pyridine rings is 1. The van der Waals surface area contributed by atoms with Crippen molar-refractivity contribution in [2.24, 2.45) is 0 Å². The summed E-state index contributed by atoms with van der Waals surface area (Å²) >= 11 is 0. The molecule has 0 aliphatic heterocycles. The van der Waals surface area contributed by atoms with Crippen LogP contribution >= 0.6 is 0 Å². The maximum atomic E-state index is 13.1. The van der Waals surface area contributed by atoms with Crippen LogP contribution in [0.3, 0.4) is 0 Å². The Kier molecular flexibility index (Phi) is 6.41. The molecule has 0 saturated heterocycles. The number of hydrogen-bond donors (Lipinski definition) is 2. The number of hydrogen-bond acceptors (Lipinski definition) is 3. The summed E-state index contributed by atoms with van der Waals surface area (Å²) in [6.45, 7) is 0.373. The zero-order valence-corrected chi connectivity index (χ0v) is 15.3. The fourth-order valence-electron chi connectivity index (χ4n) is 3.57. The fourth-order valence-corrected chi connectivity index (χ4v) is 3.57. The molecular weight excluding hydrogens is 342 g/mol. The molecule has 2 N–H and O–H groups in total. The van der Waals surface area contributed by atoms with Gasteiger partial charge in [-0.15, -0.1) is 0 Å². The standard InChI is InChI=1S/C21H25N3O3/c25-20(26)19(16-9-3-1-4-10-16)23-21(27)24(18-12-5-2-6-13-18)15-17-11-7-8-14-22-17/h1,3-4,7-11,14,18-19H,2,5-6,12-13,15H2,(H,23,27)(H,25,26)/t19-/m0/s1. The minimum atomic E-state index is -1.08. The first kappa shape index (κ1) is 18.9. The number of urea groups is 1. The van der Waals surface area contributed by atoms with Crippen molar-refractivity contribution < 1.29 is 14.7 Å². The molecule has 0 bridgehead atoms. The minimum Gasteiger partial charge on any atom is -0.479 e. The Hall–Kier alpha value is -2.89. The first-order valence-electron chi connectivity index (χ1n) is 9.40. The molecule has 27 heavy (non-hydrogen) atoms. The van der Waals surface area contributed by atoms with Crippen molar-refractivity contribution in [3.63, 3.8) is 0 Å². The lowest BCUT2D eigenvalue weighted by Crippen LogP contribution is -2.48. The summed E-state index contributed by atoms with van der Waals surface area (Å²) in [4.78, 5) is 30.9. The molecule has 1 aromatic carbocycles. The van der Waals surface area contributed by atoms with E-state index >= 15 is 0 Å². The van der Waals surface area contributed by atoms with E-state index < -0.39 is 12.0 Å². The normalized spacial score (nSPS) is 15.7. The SMILES string of the molecule is O=C(O)[C@@H](NC(=O)N(Cc1ccccn1)C1CCCCC1)c1ccccc1. The molecule has 1 heterocycles. The highest BCUT2D eigenvalue weighted by Gasteiger charge is 2.30. The van der Waals surface area contributed by atoms with E-state index in [1.54, 1.807) is 35.4 Å². The van der Waals surface area contributed by atoms with Crippen LogP contribution in [0.4, 0.5) is 4.79 Å². The fraction of sp³-hybridized carbons (Fsp3) is 0.381. The topological polar surface area (TPSA) is 82.5 Å².